The minimum atomic E-state index is -3.60. The average Bonchev–Trinajstić information content (AvgIpc) is 2.77. The molecule has 2 aromatic carbocycles. The summed E-state index contributed by atoms with van der Waals surface area (Å²) >= 11 is 6.00. The first kappa shape index (κ1) is 21.7. The third kappa shape index (κ3) is 5.06. The van der Waals surface area contributed by atoms with Gasteiger partial charge in [0.15, 0.2) is 6.10 Å². The van der Waals surface area contributed by atoms with Crippen LogP contribution in [0.1, 0.15) is 5.56 Å². The number of amides is 1. The molecule has 4 rings (SSSR count). The van der Waals surface area contributed by atoms with Gasteiger partial charge in [-0.1, -0.05) is 23.7 Å². The van der Waals surface area contributed by atoms with Crippen molar-refractivity contribution >= 4 is 38.9 Å². The number of halogens is 1. The van der Waals surface area contributed by atoms with Gasteiger partial charge in [0.1, 0.15) is 5.75 Å². The number of hydrogen-bond acceptors (Lipinski definition) is 6. The Morgan fingerprint density at radius 3 is 2.55 bits per heavy atom. The summed E-state index contributed by atoms with van der Waals surface area (Å²) in [5.41, 5.74) is 2.39. The molecule has 1 amide bonds. The Kier molecular flexibility index (Phi) is 6.27. The third-order valence-electron chi connectivity index (χ3n) is 5.26. The molecule has 0 spiro atoms. The van der Waals surface area contributed by atoms with Crippen LogP contribution in [0.15, 0.2) is 42.5 Å². The number of carbonyl (C=O) groups is 1. The number of sulfonamides is 1. The van der Waals surface area contributed by atoms with Crippen LogP contribution in [0.3, 0.4) is 0 Å². The van der Waals surface area contributed by atoms with E-state index in [0.29, 0.717) is 23.0 Å². The molecule has 166 valence electrons. The SMILES string of the molecule is CS(=O)(=O)N1C[C@@H](C(=O)NCc2ccc(N3CCOCC3)cc2)Oc2ccc(Cl)cc21. The molecule has 1 N–H and O–H groups in total. The number of rotatable bonds is 5. The van der Waals surface area contributed by atoms with Gasteiger partial charge in [-0.2, -0.15) is 0 Å². The lowest BCUT2D eigenvalue weighted by Gasteiger charge is -2.34. The minimum absolute atomic E-state index is 0.117. The van der Waals surface area contributed by atoms with Gasteiger partial charge in [-0.15, -0.1) is 0 Å². The van der Waals surface area contributed by atoms with Crippen LogP contribution < -0.4 is 19.3 Å². The molecule has 0 radical (unpaired) electrons. The van der Waals surface area contributed by atoms with Crippen molar-refractivity contribution in [3.63, 3.8) is 0 Å². The fourth-order valence-corrected chi connectivity index (χ4v) is 4.70. The molecule has 0 aliphatic carbocycles. The van der Waals surface area contributed by atoms with Crippen LogP contribution in [0.25, 0.3) is 0 Å². The van der Waals surface area contributed by atoms with E-state index in [9.17, 15) is 13.2 Å². The Bertz CT molecular complexity index is 1060. The van der Waals surface area contributed by atoms with E-state index < -0.39 is 16.1 Å². The van der Waals surface area contributed by atoms with Crippen molar-refractivity contribution in [3.05, 3.63) is 53.1 Å². The maximum absolute atomic E-state index is 12.7. The van der Waals surface area contributed by atoms with Gasteiger partial charge in [0.2, 0.25) is 10.0 Å². The Hall–Kier alpha value is -2.49. The van der Waals surface area contributed by atoms with Crippen molar-refractivity contribution in [2.24, 2.45) is 0 Å². The van der Waals surface area contributed by atoms with Crippen LogP contribution in [0.2, 0.25) is 5.02 Å². The molecule has 2 aliphatic rings. The lowest BCUT2D eigenvalue weighted by molar-refractivity contribution is -0.127. The predicted octanol–water partition coefficient (Wildman–Crippen LogP) is 2.02. The van der Waals surface area contributed by atoms with Gasteiger partial charge in [-0.3, -0.25) is 9.10 Å². The molecule has 0 bridgehead atoms. The standard InChI is InChI=1S/C21H24ClN3O5S/c1-31(27,28)25-14-20(30-19-7-4-16(22)12-18(19)25)21(26)23-13-15-2-5-17(6-3-15)24-8-10-29-11-9-24/h2-7,12,20H,8-11,13-14H2,1H3,(H,23,26)/t20-/m0/s1. The van der Waals surface area contributed by atoms with Gasteiger partial charge in [-0.05, 0) is 35.9 Å². The van der Waals surface area contributed by atoms with Crippen molar-refractivity contribution in [2.45, 2.75) is 12.6 Å². The number of nitrogens with zero attached hydrogens (tertiary/aromatic N) is 2. The Balaban J connectivity index is 1.41. The quantitative estimate of drug-likeness (QED) is 0.726. The molecular formula is C21H24ClN3O5S. The third-order valence-corrected chi connectivity index (χ3v) is 6.64. The van der Waals surface area contributed by atoms with E-state index in [1.807, 2.05) is 24.3 Å². The van der Waals surface area contributed by atoms with Crippen LogP contribution in [0.4, 0.5) is 11.4 Å². The van der Waals surface area contributed by atoms with Crippen molar-refractivity contribution < 1.29 is 22.7 Å². The first-order chi connectivity index (χ1) is 14.8. The first-order valence-electron chi connectivity index (χ1n) is 9.94. The zero-order chi connectivity index (χ0) is 22.0. The number of fused-ring (bicyclic) bond motifs is 1. The number of ether oxygens (including phenoxy) is 2. The van der Waals surface area contributed by atoms with Gasteiger partial charge in [0.25, 0.3) is 5.91 Å². The molecule has 1 saturated heterocycles. The Morgan fingerprint density at radius 1 is 1.16 bits per heavy atom. The maximum Gasteiger partial charge on any atom is 0.263 e. The fraction of sp³-hybridized carbons (Fsp3) is 0.381. The first-order valence-corrected chi connectivity index (χ1v) is 12.2. The van der Waals surface area contributed by atoms with Crippen LogP contribution in [-0.2, 0) is 26.1 Å². The Morgan fingerprint density at radius 2 is 1.87 bits per heavy atom. The summed E-state index contributed by atoms with van der Waals surface area (Å²) in [7, 11) is -3.60. The summed E-state index contributed by atoms with van der Waals surface area (Å²) in [5.74, 6) is -0.0809. The maximum atomic E-state index is 12.7. The molecule has 31 heavy (non-hydrogen) atoms. The highest BCUT2D eigenvalue weighted by Crippen LogP contribution is 2.37. The molecule has 0 unspecified atom stereocenters. The second-order valence-electron chi connectivity index (χ2n) is 7.50. The van der Waals surface area contributed by atoms with Crippen LogP contribution in [0.5, 0.6) is 5.75 Å². The van der Waals surface area contributed by atoms with Gasteiger partial charge >= 0.3 is 0 Å². The van der Waals surface area contributed by atoms with Crippen LogP contribution >= 0.6 is 11.6 Å². The summed E-state index contributed by atoms with van der Waals surface area (Å²) in [6.45, 7) is 3.36. The number of morpholine rings is 1. The number of nitrogens with one attached hydrogen (secondary N) is 1. The van der Waals surface area contributed by atoms with E-state index in [1.54, 1.807) is 12.1 Å². The highest BCUT2D eigenvalue weighted by Gasteiger charge is 2.35. The highest BCUT2D eigenvalue weighted by atomic mass is 35.5. The molecule has 10 heteroatoms. The lowest BCUT2D eigenvalue weighted by Crippen LogP contribution is -2.50. The van der Waals surface area contributed by atoms with Crippen molar-refractivity contribution in [3.8, 4) is 5.75 Å². The summed E-state index contributed by atoms with van der Waals surface area (Å²) < 4.78 is 36.8. The van der Waals surface area contributed by atoms with Crippen molar-refractivity contribution in [1.29, 1.82) is 0 Å². The molecule has 8 nitrogen and oxygen atoms in total. The van der Waals surface area contributed by atoms with E-state index in [2.05, 4.69) is 10.2 Å². The highest BCUT2D eigenvalue weighted by molar-refractivity contribution is 7.92. The second-order valence-corrected chi connectivity index (χ2v) is 9.84. The van der Waals surface area contributed by atoms with Crippen molar-refractivity contribution in [1.82, 2.24) is 5.32 Å². The predicted molar refractivity (Wildman–Crippen MR) is 119 cm³/mol. The molecule has 0 aromatic heterocycles. The summed E-state index contributed by atoms with van der Waals surface area (Å²) in [4.78, 5) is 15.0. The van der Waals surface area contributed by atoms with Crippen LogP contribution in [0, 0.1) is 0 Å². The largest absolute Gasteiger partial charge is 0.476 e. The number of anilines is 2. The monoisotopic (exact) mass is 465 g/mol. The molecule has 1 atom stereocenters. The van der Waals surface area contributed by atoms with Gasteiger partial charge in [0, 0.05) is 30.3 Å². The average molecular weight is 466 g/mol. The van der Waals surface area contributed by atoms with Gasteiger partial charge in [-0.25, -0.2) is 8.42 Å². The normalized spacial score (nSPS) is 18.8. The van der Waals surface area contributed by atoms with Crippen molar-refractivity contribution in [2.75, 3.05) is 48.3 Å². The zero-order valence-corrected chi connectivity index (χ0v) is 18.7. The molecular weight excluding hydrogens is 442 g/mol. The number of carbonyl (C=O) groups excluding carboxylic acids is 1. The van der Waals surface area contributed by atoms with Crippen LogP contribution in [-0.4, -0.2) is 59.5 Å². The number of benzene rings is 2. The summed E-state index contributed by atoms with van der Waals surface area (Å²) in [6, 6.07) is 12.7. The summed E-state index contributed by atoms with van der Waals surface area (Å²) in [6.07, 6.45) is 0.129. The van der Waals surface area contributed by atoms with Gasteiger partial charge < -0.3 is 19.7 Å². The van der Waals surface area contributed by atoms with Gasteiger partial charge in [0.05, 0.1) is 31.7 Å². The van der Waals surface area contributed by atoms with E-state index in [0.717, 1.165) is 48.1 Å². The fourth-order valence-electron chi connectivity index (χ4n) is 3.62. The minimum Gasteiger partial charge on any atom is -0.476 e. The number of hydrogen-bond donors (Lipinski definition) is 1. The lowest BCUT2D eigenvalue weighted by atomic mass is 10.1. The van der Waals surface area contributed by atoms with E-state index in [4.69, 9.17) is 21.1 Å². The molecule has 2 aliphatic heterocycles. The molecule has 0 saturated carbocycles. The topological polar surface area (TPSA) is 88.2 Å². The van der Waals surface area contributed by atoms with E-state index >= 15 is 0 Å². The smallest absolute Gasteiger partial charge is 0.263 e. The second kappa shape index (κ2) is 8.94. The van der Waals surface area contributed by atoms with E-state index in [1.165, 1.54) is 6.07 Å². The summed E-state index contributed by atoms with van der Waals surface area (Å²) in [5, 5.41) is 3.23. The molecule has 2 aromatic rings. The van der Waals surface area contributed by atoms with E-state index in [-0.39, 0.29) is 12.5 Å². The Labute approximate surface area is 186 Å². The molecule has 2 heterocycles. The zero-order valence-electron chi connectivity index (χ0n) is 17.1. The molecule has 1 fully saturated rings.